The van der Waals surface area contributed by atoms with E-state index in [1.165, 1.54) is 12.1 Å². The Morgan fingerprint density at radius 2 is 1.91 bits per heavy atom. The Bertz CT molecular complexity index is 726. The number of nitrogens with one attached hydrogen (secondary N) is 1. The number of primary sulfonamides is 1. The van der Waals surface area contributed by atoms with Crippen LogP contribution in [0.5, 0.6) is 0 Å². The summed E-state index contributed by atoms with van der Waals surface area (Å²) in [7, 11) is -3.71. The van der Waals surface area contributed by atoms with Crippen LogP contribution in [0.4, 0.5) is 0 Å². The van der Waals surface area contributed by atoms with Crippen LogP contribution in [0.25, 0.3) is 0 Å². The van der Waals surface area contributed by atoms with Crippen molar-refractivity contribution in [2.24, 2.45) is 11.1 Å². The predicted molar refractivity (Wildman–Crippen MR) is 82.5 cm³/mol. The van der Waals surface area contributed by atoms with Gasteiger partial charge in [0.1, 0.15) is 0 Å². The van der Waals surface area contributed by atoms with Crippen LogP contribution in [-0.2, 0) is 26.2 Å². The SMILES string of the molecule is NS(=O)(=O)c1ccc(CNC(=O)C2CC(=O)N(C3CC3)C2)cc1. The van der Waals surface area contributed by atoms with Crippen molar-refractivity contribution in [3.8, 4) is 0 Å². The highest BCUT2D eigenvalue weighted by atomic mass is 32.2. The molecule has 2 amide bonds. The standard InChI is InChI=1S/C15H19N3O4S/c16-23(21,22)13-5-1-10(2-6-13)8-17-15(20)11-7-14(19)18(9-11)12-3-4-12/h1-2,5-6,11-12H,3-4,7-9H2,(H,17,20)(H2,16,21,22). The molecule has 1 aliphatic carbocycles. The molecule has 1 unspecified atom stereocenters. The van der Waals surface area contributed by atoms with Gasteiger partial charge in [0, 0.05) is 25.6 Å². The molecule has 2 fully saturated rings. The average molecular weight is 337 g/mol. The van der Waals surface area contributed by atoms with Crippen LogP contribution in [0.3, 0.4) is 0 Å². The number of amides is 2. The minimum absolute atomic E-state index is 0.0361. The molecule has 0 aromatic heterocycles. The number of hydrogen-bond acceptors (Lipinski definition) is 4. The average Bonchev–Trinajstić information content (AvgIpc) is 3.27. The summed E-state index contributed by atoms with van der Waals surface area (Å²) in [5.41, 5.74) is 0.772. The van der Waals surface area contributed by atoms with Gasteiger partial charge in [0.25, 0.3) is 0 Å². The number of rotatable bonds is 5. The molecule has 1 heterocycles. The highest BCUT2D eigenvalue weighted by molar-refractivity contribution is 7.89. The van der Waals surface area contributed by atoms with Crippen molar-refractivity contribution in [3.63, 3.8) is 0 Å². The number of carbonyl (C=O) groups excluding carboxylic acids is 2. The van der Waals surface area contributed by atoms with Gasteiger partial charge in [-0.25, -0.2) is 13.6 Å². The summed E-state index contributed by atoms with van der Waals surface area (Å²) >= 11 is 0. The molecule has 1 aliphatic heterocycles. The van der Waals surface area contributed by atoms with E-state index >= 15 is 0 Å². The van der Waals surface area contributed by atoms with Crippen LogP contribution in [0.2, 0.25) is 0 Å². The molecule has 3 N–H and O–H groups in total. The molecule has 1 atom stereocenters. The first-order valence-electron chi connectivity index (χ1n) is 7.53. The molecule has 1 aromatic carbocycles. The fourth-order valence-corrected chi connectivity index (χ4v) is 3.29. The molecule has 3 rings (SSSR count). The highest BCUT2D eigenvalue weighted by Gasteiger charge is 2.41. The van der Waals surface area contributed by atoms with Crippen molar-refractivity contribution in [1.82, 2.24) is 10.2 Å². The Hall–Kier alpha value is -1.93. The molecule has 7 nitrogen and oxygen atoms in total. The maximum atomic E-state index is 12.2. The van der Waals surface area contributed by atoms with Crippen molar-refractivity contribution in [3.05, 3.63) is 29.8 Å². The van der Waals surface area contributed by atoms with E-state index in [-0.39, 0.29) is 35.6 Å². The zero-order chi connectivity index (χ0) is 16.6. The molecule has 0 spiro atoms. The number of hydrogen-bond donors (Lipinski definition) is 2. The number of nitrogens with zero attached hydrogens (tertiary/aromatic N) is 1. The Kier molecular flexibility index (Phi) is 4.11. The van der Waals surface area contributed by atoms with E-state index in [2.05, 4.69) is 5.32 Å². The molecule has 0 bridgehead atoms. The number of sulfonamides is 1. The first-order valence-corrected chi connectivity index (χ1v) is 9.08. The summed E-state index contributed by atoms with van der Waals surface area (Å²) in [4.78, 5) is 25.9. The van der Waals surface area contributed by atoms with Gasteiger partial charge in [-0.15, -0.1) is 0 Å². The smallest absolute Gasteiger partial charge is 0.238 e. The Balaban J connectivity index is 1.54. The van der Waals surface area contributed by atoms with Gasteiger partial charge in [0.2, 0.25) is 21.8 Å². The molecular formula is C15H19N3O4S. The van der Waals surface area contributed by atoms with Crippen molar-refractivity contribution in [1.29, 1.82) is 0 Å². The Morgan fingerprint density at radius 3 is 2.48 bits per heavy atom. The van der Waals surface area contributed by atoms with Crippen LogP contribution in [0.15, 0.2) is 29.2 Å². The molecule has 1 saturated heterocycles. The summed E-state index contributed by atoms with van der Waals surface area (Å²) in [6, 6.07) is 6.37. The second kappa shape index (κ2) is 5.93. The van der Waals surface area contributed by atoms with Gasteiger partial charge in [-0.1, -0.05) is 12.1 Å². The fraction of sp³-hybridized carbons (Fsp3) is 0.467. The lowest BCUT2D eigenvalue weighted by molar-refractivity contribution is -0.129. The van der Waals surface area contributed by atoms with E-state index in [9.17, 15) is 18.0 Å². The third-order valence-corrected chi connectivity index (χ3v) is 5.16. The van der Waals surface area contributed by atoms with Gasteiger partial charge < -0.3 is 10.2 Å². The predicted octanol–water partition coefficient (Wildman–Crippen LogP) is -0.0389. The van der Waals surface area contributed by atoms with Crippen LogP contribution >= 0.6 is 0 Å². The monoisotopic (exact) mass is 337 g/mol. The van der Waals surface area contributed by atoms with E-state index < -0.39 is 10.0 Å². The lowest BCUT2D eigenvalue weighted by Gasteiger charge is -2.15. The lowest BCUT2D eigenvalue weighted by atomic mass is 10.1. The molecule has 124 valence electrons. The number of benzene rings is 1. The third-order valence-electron chi connectivity index (χ3n) is 4.24. The molecule has 1 saturated carbocycles. The summed E-state index contributed by atoms with van der Waals surface area (Å²) in [6.07, 6.45) is 2.35. The quantitative estimate of drug-likeness (QED) is 0.785. The normalized spacial score (nSPS) is 21.5. The molecule has 2 aliphatic rings. The first-order chi connectivity index (χ1) is 10.8. The van der Waals surface area contributed by atoms with Crippen LogP contribution in [0.1, 0.15) is 24.8 Å². The third kappa shape index (κ3) is 3.70. The van der Waals surface area contributed by atoms with Crippen molar-refractivity contribution in [2.45, 2.75) is 36.7 Å². The van der Waals surface area contributed by atoms with E-state index in [1.807, 2.05) is 4.90 Å². The molecule has 1 aromatic rings. The molecule has 23 heavy (non-hydrogen) atoms. The van der Waals surface area contributed by atoms with Gasteiger partial charge in [-0.3, -0.25) is 9.59 Å². The van der Waals surface area contributed by atoms with Gasteiger partial charge in [-0.05, 0) is 30.5 Å². The maximum Gasteiger partial charge on any atom is 0.238 e. The van der Waals surface area contributed by atoms with Gasteiger partial charge >= 0.3 is 0 Å². The van der Waals surface area contributed by atoms with Crippen LogP contribution in [-0.4, -0.2) is 37.7 Å². The Morgan fingerprint density at radius 1 is 1.26 bits per heavy atom. The Labute approximate surface area is 134 Å². The number of nitrogens with two attached hydrogens (primary N) is 1. The van der Waals surface area contributed by atoms with Gasteiger partial charge in [0.15, 0.2) is 0 Å². The van der Waals surface area contributed by atoms with Crippen LogP contribution in [0, 0.1) is 5.92 Å². The topological polar surface area (TPSA) is 110 Å². The van der Waals surface area contributed by atoms with E-state index in [0.29, 0.717) is 12.6 Å². The van der Waals surface area contributed by atoms with E-state index in [1.54, 1.807) is 12.1 Å². The van der Waals surface area contributed by atoms with Crippen molar-refractivity contribution >= 4 is 21.8 Å². The minimum atomic E-state index is -3.71. The van der Waals surface area contributed by atoms with Crippen molar-refractivity contribution < 1.29 is 18.0 Å². The summed E-state index contributed by atoms with van der Waals surface area (Å²) in [5.74, 6) is -0.381. The molecular weight excluding hydrogens is 318 g/mol. The van der Waals surface area contributed by atoms with Crippen molar-refractivity contribution in [2.75, 3.05) is 6.54 Å². The maximum absolute atomic E-state index is 12.2. The summed E-state index contributed by atoms with van der Waals surface area (Å²) in [5, 5.41) is 7.83. The van der Waals surface area contributed by atoms with Gasteiger partial charge in [0.05, 0.1) is 10.8 Å². The number of likely N-dealkylation sites (tertiary alicyclic amines) is 1. The first kappa shape index (κ1) is 15.9. The molecule has 8 heteroatoms. The second-order valence-electron chi connectivity index (χ2n) is 6.09. The summed E-state index contributed by atoms with van der Waals surface area (Å²) < 4.78 is 22.4. The number of carbonyl (C=O) groups is 2. The minimum Gasteiger partial charge on any atom is -0.352 e. The zero-order valence-electron chi connectivity index (χ0n) is 12.6. The largest absolute Gasteiger partial charge is 0.352 e. The highest BCUT2D eigenvalue weighted by Crippen LogP contribution is 2.32. The molecule has 0 radical (unpaired) electrons. The van der Waals surface area contributed by atoms with E-state index in [4.69, 9.17) is 5.14 Å². The summed E-state index contributed by atoms with van der Waals surface area (Å²) in [6.45, 7) is 0.789. The fourth-order valence-electron chi connectivity index (χ4n) is 2.78. The van der Waals surface area contributed by atoms with E-state index in [0.717, 1.165) is 18.4 Å². The zero-order valence-corrected chi connectivity index (χ0v) is 13.4. The van der Waals surface area contributed by atoms with Crippen LogP contribution < -0.4 is 10.5 Å². The van der Waals surface area contributed by atoms with Gasteiger partial charge in [-0.2, -0.15) is 0 Å². The lowest BCUT2D eigenvalue weighted by Crippen LogP contribution is -2.33. The second-order valence-corrected chi connectivity index (χ2v) is 7.65.